The van der Waals surface area contributed by atoms with Gasteiger partial charge in [0, 0.05) is 11.1 Å². The number of hydrogen-bond donors (Lipinski definition) is 2. The van der Waals surface area contributed by atoms with Crippen LogP contribution in [0.15, 0.2) is 34.8 Å². The highest BCUT2D eigenvalue weighted by atomic mass is 79.9. The summed E-state index contributed by atoms with van der Waals surface area (Å²) in [6.45, 7) is 1.08. The second kappa shape index (κ2) is 7.83. The Bertz CT molecular complexity index is 786. The van der Waals surface area contributed by atoms with Gasteiger partial charge in [0.2, 0.25) is 0 Å². The lowest BCUT2D eigenvalue weighted by atomic mass is 10.1. The first-order chi connectivity index (χ1) is 11.9. The number of phenolic OH excluding ortho intramolecular Hbond substituents is 1. The molecule has 3 rings (SSSR count). The zero-order valence-electron chi connectivity index (χ0n) is 12.9. The van der Waals surface area contributed by atoms with Crippen molar-refractivity contribution < 1.29 is 19.4 Å². The standard InChI is InChI=1S/C17H14BrCl2NO4/c18-9-5-13(19)16(14(20)6-9)25-11-1-2-15(22)12(7-11)17(23)21-10-3-4-24-8-10/h1-2,5-7,10,22H,3-4,8H2,(H,21,23). The lowest BCUT2D eigenvalue weighted by Gasteiger charge is -2.14. The van der Waals surface area contributed by atoms with E-state index < -0.39 is 5.91 Å². The van der Waals surface area contributed by atoms with Gasteiger partial charge in [0.15, 0.2) is 5.75 Å². The molecule has 2 N–H and O–H groups in total. The molecule has 0 saturated carbocycles. The number of phenols is 1. The number of carbonyl (C=O) groups is 1. The van der Waals surface area contributed by atoms with Crippen LogP contribution >= 0.6 is 39.1 Å². The molecule has 1 fully saturated rings. The Morgan fingerprint density at radius 3 is 2.64 bits per heavy atom. The summed E-state index contributed by atoms with van der Waals surface area (Å²) in [4.78, 5) is 12.4. The average Bonchev–Trinajstić information content (AvgIpc) is 3.05. The second-order valence-electron chi connectivity index (χ2n) is 5.51. The minimum Gasteiger partial charge on any atom is -0.507 e. The summed E-state index contributed by atoms with van der Waals surface area (Å²) in [5.41, 5.74) is 0.105. The quantitative estimate of drug-likeness (QED) is 0.709. The number of rotatable bonds is 4. The van der Waals surface area contributed by atoms with Gasteiger partial charge in [-0.15, -0.1) is 0 Å². The molecule has 5 nitrogen and oxygen atoms in total. The molecule has 1 aliphatic heterocycles. The van der Waals surface area contributed by atoms with E-state index in [0.717, 1.165) is 10.9 Å². The van der Waals surface area contributed by atoms with Gasteiger partial charge in [0.05, 0.1) is 28.3 Å². The summed E-state index contributed by atoms with van der Waals surface area (Å²) in [6, 6.07) is 7.59. The van der Waals surface area contributed by atoms with E-state index in [0.29, 0.717) is 29.0 Å². The number of ether oxygens (including phenoxy) is 2. The summed E-state index contributed by atoms with van der Waals surface area (Å²) in [5, 5.41) is 13.4. The molecule has 1 amide bonds. The Labute approximate surface area is 163 Å². The van der Waals surface area contributed by atoms with E-state index in [2.05, 4.69) is 21.2 Å². The molecule has 1 unspecified atom stereocenters. The fourth-order valence-electron chi connectivity index (χ4n) is 2.42. The summed E-state index contributed by atoms with van der Waals surface area (Å²) in [7, 11) is 0. The number of benzene rings is 2. The van der Waals surface area contributed by atoms with Crippen LogP contribution in [0.25, 0.3) is 0 Å². The molecular weight excluding hydrogens is 433 g/mol. The minimum atomic E-state index is -0.397. The Hall–Kier alpha value is -1.47. The van der Waals surface area contributed by atoms with Crippen molar-refractivity contribution in [1.29, 1.82) is 0 Å². The molecule has 1 atom stereocenters. The van der Waals surface area contributed by atoms with Crippen molar-refractivity contribution in [1.82, 2.24) is 5.32 Å². The van der Waals surface area contributed by atoms with Crippen molar-refractivity contribution in [2.45, 2.75) is 12.5 Å². The number of carbonyl (C=O) groups excluding carboxylic acids is 1. The smallest absolute Gasteiger partial charge is 0.255 e. The van der Waals surface area contributed by atoms with Crippen LogP contribution in [0.2, 0.25) is 10.0 Å². The zero-order chi connectivity index (χ0) is 18.0. The second-order valence-corrected chi connectivity index (χ2v) is 7.24. The largest absolute Gasteiger partial charge is 0.507 e. The van der Waals surface area contributed by atoms with Crippen LogP contribution in [0.3, 0.4) is 0 Å². The number of halogens is 3. The predicted octanol–water partition coefficient (Wildman–Crippen LogP) is 4.77. The number of hydrogen-bond acceptors (Lipinski definition) is 4. The van der Waals surface area contributed by atoms with E-state index in [1.165, 1.54) is 18.2 Å². The molecule has 25 heavy (non-hydrogen) atoms. The Morgan fingerprint density at radius 2 is 2.00 bits per heavy atom. The van der Waals surface area contributed by atoms with Crippen molar-refractivity contribution in [2.75, 3.05) is 13.2 Å². The number of amides is 1. The lowest BCUT2D eigenvalue weighted by molar-refractivity contribution is 0.0927. The molecule has 2 aromatic carbocycles. The minimum absolute atomic E-state index is 0.0631. The monoisotopic (exact) mass is 445 g/mol. The van der Waals surface area contributed by atoms with E-state index in [4.69, 9.17) is 32.7 Å². The van der Waals surface area contributed by atoms with Gasteiger partial charge in [-0.25, -0.2) is 0 Å². The highest BCUT2D eigenvalue weighted by molar-refractivity contribution is 9.10. The highest BCUT2D eigenvalue weighted by Crippen LogP contribution is 2.39. The fraction of sp³-hybridized carbons (Fsp3) is 0.235. The maximum Gasteiger partial charge on any atom is 0.255 e. The van der Waals surface area contributed by atoms with Gasteiger partial charge in [-0.3, -0.25) is 4.79 Å². The van der Waals surface area contributed by atoms with E-state index in [1.54, 1.807) is 12.1 Å². The van der Waals surface area contributed by atoms with Crippen molar-refractivity contribution in [2.24, 2.45) is 0 Å². The van der Waals surface area contributed by atoms with Crippen molar-refractivity contribution >= 4 is 45.0 Å². The molecular formula is C17H14BrCl2NO4. The van der Waals surface area contributed by atoms with Gasteiger partial charge in [-0.1, -0.05) is 39.1 Å². The van der Waals surface area contributed by atoms with Crippen molar-refractivity contribution in [3.05, 3.63) is 50.4 Å². The Morgan fingerprint density at radius 1 is 1.28 bits per heavy atom. The van der Waals surface area contributed by atoms with Crippen LogP contribution in [0.1, 0.15) is 16.8 Å². The molecule has 0 bridgehead atoms. The summed E-state index contributed by atoms with van der Waals surface area (Å²) in [6.07, 6.45) is 0.743. The molecule has 132 valence electrons. The van der Waals surface area contributed by atoms with Crippen LogP contribution in [0.4, 0.5) is 0 Å². The molecule has 0 aliphatic carbocycles. The molecule has 1 aliphatic rings. The van der Waals surface area contributed by atoms with Crippen LogP contribution in [-0.4, -0.2) is 30.3 Å². The fourth-order valence-corrected chi connectivity index (χ4v) is 3.70. The van der Waals surface area contributed by atoms with Crippen LogP contribution in [0, 0.1) is 0 Å². The van der Waals surface area contributed by atoms with Gasteiger partial charge < -0.3 is 19.9 Å². The molecule has 8 heteroatoms. The predicted molar refractivity (Wildman–Crippen MR) is 99.0 cm³/mol. The third kappa shape index (κ3) is 4.39. The molecule has 2 aromatic rings. The molecule has 1 saturated heterocycles. The van der Waals surface area contributed by atoms with E-state index in [1.807, 2.05) is 0 Å². The first-order valence-electron chi connectivity index (χ1n) is 7.48. The van der Waals surface area contributed by atoms with Gasteiger partial charge in [-0.2, -0.15) is 0 Å². The zero-order valence-corrected chi connectivity index (χ0v) is 16.0. The van der Waals surface area contributed by atoms with Crippen molar-refractivity contribution in [3.8, 4) is 17.2 Å². The van der Waals surface area contributed by atoms with E-state index in [-0.39, 0.29) is 23.1 Å². The third-order valence-corrected chi connectivity index (χ3v) is 4.68. The molecule has 0 aromatic heterocycles. The van der Waals surface area contributed by atoms with Crippen molar-refractivity contribution in [3.63, 3.8) is 0 Å². The van der Waals surface area contributed by atoms with Gasteiger partial charge in [-0.05, 0) is 36.8 Å². The topological polar surface area (TPSA) is 67.8 Å². The maximum atomic E-state index is 12.4. The maximum absolute atomic E-state index is 12.4. The highest BCUT2D eigenvalue weighted by Gasteiger charge is 2.21. The van der Waals surface area contributed by atoms with E-state index in [9.17, 15) is 9.90 Å². The van der Waals surface area contributed by atoms with Crippen LogP contribution in [-0.2, 0) is 4.74 Å². The number of nitrogens with one attached hydrogen (secondary N) is 1. The third-order valence-electron chi connectivity index (χ3n) is 3.66. The summed E-state index contributed by atoms with van der Waals surface area (Å²) >= 11 is 15.6. The molecule has 0 radical (unpaired) electrons. The SMILES string of the molecule is O=C(NC1CCOC1)c1cc(Oc2c(Cl)cc(Br)cc2Cl)ccc1O. The average molecular weight is 447 g/mol. The lowest BCUT2D eigenvalue weighted by Crippen LogP contribution is -2.35. The summed E-state index contributed by atoms with van der Waals surface area (Å²) in [5.74, 6) is 0.0627. The Kier molecular flexibility index (Phi) is 5.74. The Balaban J connectivity index is 1.83. The molecule has 0 spiro atoms. The van der Waals surface area contributed by atoms with Gasteiger partial charge in [0.1, 0.15) is 11.5 Å². The normalized spacial score (nSPS) is 16.7. The van der Waals surface area contributed by atoms with Crippen LogP contribution < -0.4 is 10.1 Å². The van der Waals surface area contributed by atoms with E-state index >= 15 is 0 Å². The van der Waals surface area contributed by atoms with Gasteiger partial charge in [0.25, 0.3) is 5.91 Å². The number of aromatic hydroxyl groups is 1. The summed E-state index contributed by atoms with van der Waals surface area (Å²) < 4.78 is 11.7. The van der Waals surface area contributed by atoms with Gasteiger partial charge >= 0.3 is 0 Å². The first kappa shape index (κ1) is 18.3. The van der Waals surface area contributed by atoms with Crippen LogP contribution in [0.5, 0.6) is 17.2 Å². The molecule has 1 heterocycles. The first-order valence-corrected chi connectivity index (χ1v) is 9.03.